The van der Waals surface area contributed by atoms with E-state index in [0.717, 1.165) is 5.69 Å². The van der Waals surface area contributed by atoms with Gasteiger partial charge in [-0.05, 0) is 54.3 Å². The van der Waals surface area contributed by atoms with Crippen molar-refractivity contribution in [2.24, 2.45) is 0 Å². The molecule has 1 atom stereocenters. The topological polar surface area (TPSA) is 84.2 Å². The van der Waals surface area contributed by atoms with E-state index >= 15 is 0 Å². The van der Waals surface area contributed by atoms with Gasteiger partial charge in [0.15, 0.2) is 5.76 Å². The van der Waals surface area contributed by atoms with Crippen molar-refractivity contribution in [3.05, 3.63) is 72.7 Å². The monoisotopic (exact) mass is 446 g/mol. The molecule has 0 aliphatic carbocycles. The van der Waals surface area contributed by atoms with Crippen LogP contribution in [0, 0.1) is 0 Å². The molecule has 1 unspecified atom stereocenters. The molecule has 1 heterocycles. The Hall–Kier alpha value is -2.64. The van der Waals surface area contributed by atoms with Crippen LogP contribution in [0.1, 0.15) is 10.6 Å². The van der Waals surface area contributed by atoms with Crippen LogP contribution in [-0.2, 0) is 16.3 Å². The van der Waals surface area contributed by atoms with Gasteiger partial charge in [0.1, 0.15) is 12.4 Å². The summed E-state index contributed by atoms with van der Waals surface area (Å²) in [7, 11) is 3.75. The summed E-state index contributed by atoms with van der Waals surface area (Å²) < 4.78 is 16.3. The number of carbonyl (C=O) groups excluding carboxylic acids is 1. The average Bonchev–Trinajstić information content (AvgIpc) is 3.27. The molecule has 0 bridgehead atoms. The van der Waals surface area contributed by atoms with Crippen molar-refractivity contribution in [1.82, 2.24) is 0 Å². The summed E-state index contributed by atoms with van der Waals surface area (Å²) in [5.41, 5.74) is 1.20. The molecule has 3 aromatic rings. The van der Waals surface area contributed by atoms with Crippen molar-refractivity contribution in [3.63, 3.8) is 0 Å². The van der Waals surface area contributed by atoms with Crippen LogP contribution in [0.2, 0.25) is 0 Å². The minimum Gasteiger partial charge on any atom is -0.491 e. The number of anilines is 2. The number of hydrogen-bond donors (Lipinski definition) is 2. The number of benzene rings is 2. The smallest absolute Gasteiger partial charge is 0.291 e. The number of carbonyl (C=O) groups is 1. The van der Waals surface area contributed by atoms with Crippen molar-refractivity contribution >= 4 is 40.9 Å². The Morgan fingerprint density at radius 2 is 1.90 bits per heavy atom. The van der Waals surface area contributed by atoms with Gasteiger partial charge in [-0.1, -0.05) is 18.2 Å². The second-order valence-corrected chi connectivity index (χ2v) is 9.81. The summed E-state index contributed by atoms with van der Waals surface area (Å²) in [6.45, 7) is -3.07. The van der Waals surface area contributed by atoms with Gasteiger partial charge < -0.3 is 28.8 Å². The molecule has 30 heavy (non-hydrogen) atoms. The first-order valence-electron chi connectivity index (χ1n) is 9.19. The van der Waals surface area contributed by atoms with Crippen LogP contribution < -0.4 is 20.3 Å². The molecule has 0 fully saturated rings. The number of rotatable bonds is 9. The summed E-state index contributed by atoms with van der Waals surface area (Å²) in [5, 5.41) is 3.11. The molecule has 3 rings (SSSR count). The van der Waals surface area contributed by atoms with Gasteiger partial charge in [0, 0.05) is 19.8 Å². The summed E-state index contributed by atoms with van der Waals surface area (Å²) >= 11 is 5.39. The Kier molecular flexibility index (Phi) is 7.29. The number of furan rings is 1. The maximum Gasteiger partial charge on any atom is 0.291 e. The van der Waals surface area contributed by atoms with Crippen LogP contribution in [0.4, 0.5) is 11.4 Å². The maximum atomic E-state index is 12.5. The van der Waals surface area contributed by atoms with E-state index in [1.807, 2.05) is 49.3 Å². The minimum absolute atomic E-state index is 0.101. The lowest BCUT2D eigenvalue weighted by molar-refractivity contribution is 0.0997. The molecular formula is C21H23N2O5PS. The van der Waals surface area contributed by atoms with Gasteiger partial charge in [0.2, 0.25) is 6.49 Å². The molecule has 1 aromatic heterocycles. The number of amides is 1. The van der Waals surface area contributed by atoms with Gasteiger partial charge in [-0.25, -0.2) is 0 Å². The zero-order valence-electron chi connectivity index (χ0n) is 16.6. The second-order valence-electron chi connectivity index (χ2n) is 6.54. The Bertz CT molecular complexity index is 1030. The van der Waals surface area contributed by atoms with E-state index < -0.39 is 12.4 Å². The van der Waals surface area contributed by atoms with Crippen molar-refractivity contribution in [2.75, 3.05) is 37.5 Å². The second kappa shape index (κ2) is 9.91. The predicted octanol–water partition coefficient (Wildman–Crippen LogP) is 3.62. The van der Waals surface area contributed by atoms with E-state index in [1.165, 1.54) is 6.26 Å². The van der Waals surface area contributed by atoms with Crippen LogP contribution in [-0.4, -0.2) is 38.1 Å². The molecule has 0 saturated heterocycles. The highest BCUT2D eigenvalue weighted by atomic mass is 32.5. The average molecular weight is 446 g/mol. The highest BCUT2D eigenvalue weighted by molar-refractivity contribution is 8.13. The van der Waals surface area contributed by atoms with E-state index in [0.29, 0.717) is 16.7 Å². The Morgan fingerprint density at radius 1 is 1.13 bits per heavy atom. The number of para-hydroxylation sites is 1. The third-order valence-electron chi connectivity index (χ3n) is 4.16. The molecular weight excluding hydrogens is 423 g/mol. The van der Waals surface area contributed by atoms with E-state index in [2.05, 4.69) is 5.32 Å². The van der Waals surface area contributed by atoms with E-state index in [4.69, 9.17) is 25.5 Å². The molecule has 2 N–H and O–H groups in total. The number of nitrogens with one attached hydrogen (secondary N) is 1. The number of nitrogens with zero attached hydrogens (tertiary/aromatic N) is 1. The van der Waals surface area contributed by atoms with Gasteiger partial charge in [0.25, 0.3) is 5.91 Å². The van der Waals surface area contributed by atoms with E-state index in [9.17, 15) is 9.69 Å². The predicted molar refractivity (Wildman–Crippen MR) is 121 cm³/mol. The summed E-state index contributed by atoms with van der Waals surface area (Å²) in [5.74, 6) is 0.410. The molecule has 2 aromatic carbocycles. The molecule has 158 valence electrons. The lowest BCUT2D eigenvalue weighted by Crippen LogP contribution is -2.21. The third kappa shape index (κ3) is 5.70. The van der Waals surface area contributed by atoms with Crippen molar-refractivity contribution < 1.29 is 23.4 Å². The lowest BCUT2D eigenvalue weighted by atomic mass is 10.2. The van der Waals surface area contributed by atoms with Crippen LogP contribution in [0.15, 0.2) is 71.3 Å². The molecule has 0 aliphatic rings. The van der Waals surface area contributed by atoms with Gasteiger partial charge in [-0.3, -0.25) is 4.79 Å². The van der Waals surface area contributed by atoms with Crippen LogP contribution in [0.5, 0.6) is 5.75 Å². The molecule has 0 radical (unpaired) electrons. The third-order valence-corrected chi connectivity index (χ3v) is 6.59. The van der Waals surface area contributed by atoms with Gasteiger partial charge >= 0.3 is 0 Å². The van der Waals surface area contributed by atoms with Crippen LogP contribution >= 0.6 is 6.49 Å². The molecule has 1 amide bonds. The fourth-order valence-corrected chi connectivity index (χ4v) is 4.50. The van der Waals surface area contributed by atoms with Gasteiger partial charge in [-0.2, -0.15) is 0 Å². The van der Waals surface area contributed by atoms with Crippen molar-refractivity contribution in [2.45, 2.75) is 0 Å². The molecule has 0 saturated carbocycles. The van der Waals surface area contributed by atoms with E-state index in [-0.39, 0.29) is 19.0 Å². The summed E-state index contributed by atoms with van der Waals surface area (Å²) in [6.07, 6.45) is 1.42. The SMILES string of the molecule is CN(C)c1ccc(P(O)(=S)OCCOc2ccccc2)c(NC(=O)c2ccco2)c1. The summed E-state index contributed by atoms with van der Waals surface area (Å²) in [4.78, 5) is 25.2. The van der Waals surface area contributed by atoms with Crippen molar-refractivity contribution in [3.8, 4) is 5.75 Å². The van der Waals surface area contributed by atoms with Crippen molar-refractivity contribution in [1.29, 1.82) is 0 Å². The molecule has 0 spiro atoms. The van der Waals surface area contributed by atoms with Crippen LogP contribution in [0.3, 0.4) is 0 Å². The normalized spacial score (nSPS) is 12.8. The quantitative estimate of drug-likeness (QED) is 0.384. The maximum absolute atomic E-state index is 12.5. The molecule has 0 aliphatic heterocycles. The fourth-order valence-electron chi connectivity index (χ4n) is 2.65. The Labute approximate surface area is 180 Å². The Balaban J connectivity index is 1.74. The van der Waals surface area contributed by atoms with Gasteiger partial charge in [0.05, 0.1) is 23.9 Å². The Morgan fingerprint density at radius 3 is 2.57 bits per heavy atom. The van der Waals surface area contributed by atoms with E-state index in [1.54, 1.807) is 30.3 Å². The highest BCUT2D eigenvalue weighted by Crippen LogP contribution is 2.44. The molecule has 9 heteroatoms. The first-order valence-corrected chi connectivity index (χ1v) is 11.9. The van der Waals surface area contributed by atoms with Crippen LogP contribution in [0.25, 0.3) is 0 Å². The minimum atomic E-state index is -3.40. The van der Waals surface area contributed by atoms with Gasteiger partial charge in [-0.15, -0.1) is 0 Å². The zero-order valence-corrected chi connectivity index (χ0v) is 18.4. The zero-order chi connectivity index (χ0) is 21.6. The standard InChI is InChI=1S/C21H23N2O5PS/c1-23(2)16-10-11-20(18(15-16)22-21(24)19-9-6-12-27-19)29(25,30)28-14-13-26-17-7-4-3-5-8-17/h3-12,15H,13-14H2,1-2H3,(H,22,24)(H,25,30). The first kappa shape index (κ1) is 22.1. The molecule has 7 nitrogen and oxygen atoms in total. The summed E-state index contributed by atoms with van der Waals surface area (Å²) in [6, 6.07) is 17.7. The largest absolute Gasteiger partial charge is 0.491 e. The fraction of sp³-hybridized carbons (Fsp3) is 0.190. The lowest BCUT2D eigenvalue weighted by Gasteiger charge is -2.22. The first-order chi connectivity index (χ1) is 14.4. The number of hydrogen-bond acceptors (Lipinski definition) is 6. The highest BCUT2D eigenvalue weighted by Gasteiger charge is 2.24. The number of ether oxygens (including phenoxy) is 1.